The second kappa shape index (κ2) is 6.72. The molecule has 138 valence electrons. The summed E-state index contributed by atoms with van der Waals surface area (Å²) in [6.07, 6.45) is 6.33. The zero-order valence-electron chi connectivity index (χ0n) is 17.2. The van der Waals surface area contributed by atoms with Crippen LogP contribution in [0.4, 0.5) is 0 Å². The molecule has 0 unspecified atom stereocenters. The lowest BCUT2D eigenvalue weighted by atomic mass is 9.60. The monoisotopic (exact) mass is 350 g/mol. The van der Waals surface area contributed by atoms with Crippen LogP contribution in [0.25, 0.3) is 0 Å². The van der Waals surface area contributed by atoms with Gasteiger partial charge in [0.2, 0.25) is 0 Å². The summed E-state index contributed by atoms with van der Waals surface area (Å²) in [4.78, 5) is 12.8. The van der Waals surface area contributed by atoms with Crippen LogP contribution in [0.5, 0.6) is 0 Å². The lowest BCUT2D eigenvalue weighted by Crippen LogP contribution is -2.47. The summed E-state index contributed by atoms with van der Waals surface area (Å²) in [6.45, 7) is 19.1. The van der Waals surface area contributed by atoms with Crippen molar-refractivity contribution in [1.82, 2.24) is 0 Å². The number of fused-ring (bicyclic) bond motifs is 1. The van der Waals surface area contributed by atoms with E-state index in [9.17, 15) is 4.79 Å². The maximum absolute atomic E-state index is 12.8. The molecule has 0 aromatic rings. The number of Topliss-reactive ketones (excluding diaryl/α,β-unsaturated/α-hetero) is 1. The smallest absolute Gasteiger partial charge is 0.192 e. The Kier molecular flexibility index (Phi) is 5.57. The van der Waals surface area contributed by atoms with Crippen molar-refractivity contribution < 1.29 is 9.22 Å². The topological polar surface area (TPSA) is 26.3 Å². The second-order valence-corrected chi connectivity index (χ2v) is 15.2. The highest BCUT2D eigenvalue weighted by molar-refractivity contribution is 6.74. The van der Waals surface area contributed by atoms with Crippen LogP contribution >= 0.6 is 0 Å². The van der Waals surface area contributed by atoms with Crippen molar-refractivity contribution in [1.29, 1.82) is 0 Å². The van der Waals surface area contributed by atoms with Crippen molar-refractivity contribution in [3.63, 3.8) is 0 Å². The SMILES string of the molecule is CC(C)[C@H]1CCC=C2C(=O)C[C@](C)(CO[Si](C)(C)C(C)(C)C)C[C@@H]21. The van der Waals surface area contributed by atoms with Gasteiger partial charge in [0.15, 0.2) is 14.1 Å². The molecule has 0 radical (unpaired) electrons. The summed E-state index contributed by atoms with van der Waals surface area (Å²) in [6, 6.07) is 0. The number of hydrogen-bond donors (Lipinski definition) is 0. The Morgan fingerprint density at radius 3 is 2.50 bits per heavy atom. The van der Waals surface area contributed by atoms with Crippen LogP contribution in [-0.4, -0.2) is 20.7 Å². The minimum Gasteiger partial charge on any atom is -0.416 e. The van der Waals surface area contributed by atoms with Crippen molar-refractivity contribution >= 4 is 14.1 Å². The second-order valence-electron chi connectivity index (χ2n) is 10.4. The fraction of sp³-hybridized carbons (Fsp3) is 0.857. The van der Waals surface area contributed by atoms with E-state index in [0.717, 1.165) is 25.0 Å². The summed E-state index contributed by atoms with van der Waals surface area (Å²) in [5.41, 5.74) is 1.14. The Bertz CT molecular complexity index is 512. The van der Waals surface area contributed by atoms with Gasteiger partial charge in [0.1, 0.15) is 0 Å². The van der Waals surface area contributed by atoms with Gasteiger partial charge in [-0.05, 0) is 66.1 Å². The van der Waals surface area contributed by atoms with Gasteiger partial charge in [0.05, 0.1) is 0 Å². The Balaban J connectivity index is 2.15. The molecule has 3 heteroatoms. The third-order valence-electron chi connectivity index (χ3n) is 6.85. The first-order valence-electron chi connectivity index (χ1n) is 9.73. The molecule has 0 N–H and O–H groups in total. The van der Waals surface area contributed by atoms with E-state index in [1.54, 1.807) is 0 Å². The number of rotatable bonds is 4. The normalized spacial score (nSPS) is 31.9. The van der Waals surface area contributed by atoms with Crippen molar-refractivity contribution in [2.45, 2.75) is 85.4 Å². The molecule has 2 nitrogen and oxygen atoms in total. The molecule has 0 aromatic carbocycles. The van der Waals surface area contributed by atoms with Gasteiger partial charge in [-0.25, -0.2) is 0 Å². The average Bonchev–Trinajstić information content (AvgIpc) is 2.43. The van der Waals surface area contributed by atoms with Crippen LogP contribution in [0.2, 0.25) is 18.1 Å². The third kappa shape index (κ3) is 4.04. The lowest BCUT2D eigenvalue weighted by molar-refractivity contribution is -0.122. The maximum Gasteiger partial charge on any atom is 0.192 e. The number of allylic oxidation sites excluding steroid dienone is 2. The van der Waals surface area contributed by atoms with E-state index in [1.807, 2.05) is 0 Å². The third-order valence-corrected chi connectivity index (χ3v) is 11.3. The molecule has 1 fully saturated rings. The van der Waals surface area contributed by atoms with E-state index < -0.39 is 8.32 Å². The van der Waals surface area contributed by atoms with Crippen molar-refractivity contribution in [2.75, 3.05) is 6.61 Å². The van der Waals surface area contributed by atoms with Gasteiger partial charge >= 0.3 is 0 Å². The van der Waals surface area contributed by atoms with E-state index in [-0.39, 0.29) is 10.5 Å². The van der Waals surface area contributed by atoms with E-state index in [0.29, 0.717) is 30.0 Å². The molecule has 0 aromatic heterocycles. The van der Waals surface area contributed by atoms with Crippen molar-refractivity contribution in [3.8, 4) is 0 Å². The maximum atomic E-state index is 12.8. The molecule has 2 aliphatic carbocycles. The highest BCUT2D eigenvalue weighted by Crippen LogP contribution is 2.49. The predicted molar refractivity (Wildman–Crippen MR) is 105 cm³/mol. The van der Waals surface area contributed by atoms with Crippen LogP contribution in [0.3, 0.4) is 0 Å². The van der Waals surface area contributed by atoms with Crippen LogP contribution < -0.4 is 0 Å². The number of hydrogen-bond acceptors (Lipinski definition) is 2. The minimum atomic E-state index is -1.77. The fourth-order valence-corrected chi connectivity index (χ4v) is 5.31. The first kappa shape index (κ1) is 19.9. The summed E-state index contributed by atoms with van der Waals surface area (Å²) < 4.78 is 6.53. The zero-order valence-corrected chi connectivity index (χ0v) is 18.2. The van der Waals surface area contributed by atoms with E-state index in [1.165, 1.54) is 6.42 Å². The summed E-state index contributed by atoms with van der Waals surface area (Å²) in [5.74, 6) is 2.14. The Labute approximate surface area is 150 Å². The molecule has 0 bridgehead atoms. The van der Waals surface area contributed by atoms with Gasteiger partial charge in [-0.2, -0.15) is 0 Å². The number of carbonyl (C=O) groups is 1. The standard InChI is InChI=1S/C21H38O2Si/c1-15(2)16-10-9-11-17-18(16)12-21(6,13-19(17)22)14-23-24(7,8)20(3,4)5/h11,15-16,18H,9-10,12-14H2,1-8H3/t16-,18-,21-/m1/s1. The molecule has 0 heterocycles. The predicted octanol–water partition coefficient (Wildman–Crippen LogP) is 5.99. The molecule has 2 aliphatic rings. The van der Waals surface area contributed by atoms with Gasteiger partial charge in [0.25, 0.3) is 0 Å². The van der Waals surface area contributed by atoms with Crippen LogP contribution in [0, 0.1) is 23.2 Å². The van der Waals surface area contributed by atoms with Crippen molar-refractivity contribution in [2.24, 2.45) is 23.2 Å². The first-order valence-corrected chi connectivity index (χ1v) is 12.6. The summed E-state index contributed by atoms with van der Waals surface area (Å²) in [5, 5.41) is 0.221. The molecule has 1 saturated carbocycles. The Morgan fingerprint density at radius 2 is 1.96 bits per heavy atom. The Morgan fingerprint density at radius 1 is 1.33 bits per heavy atom. The van der Waals surface area contributed by atoms with Gasteiger partial charge in [0, 0.05) is 13.0 Å². The zero-order chi connectivity index (χ0) is 18.3. The quantitative estimate of drug-likeness (QED) is 0.582. The van der Waals surface area contributed by atoms with Gasteiger partial charge in [-0.15, -0.1) is 0 Å². The highest BCUT2D eigenvalue weighted by atomic mass is 28.4. The molecule has 0 spiro atoms. The van der Waals surface area contributed by atoms with E-state index >= 15 is 0 Å². The van der Waals surface area contributed by atoms with Gasteiger partial charge < -0.3 is 4.43 Å². The fourth-order valence-electron chi connectivity index (χ4n) is 4.17. The molecule has 0 amide bonds. The van der Waals surface area contributed by atoms with E-state index in [2.05, 4.69) is 60.7 Å². The molecule has 0 aliphatic heterocycles. The van der Waals surface area contributed by atoms with Gasteiger partial charge in [-0.1, -0.05) is 47.6 Å². The molecule has 24 heavy (non-hydrogen) atoms. The molecule has 2 rings (SSSR count). The van der Waals surface area contributed by atoms with Gasteiger partial charge in [-0.3, -0.25) is 4.79 Å². The van der Waals surface area contributed by atoms with E-state index in [4.69, 9.17) is 4.43 Å². The van der Waals surface area contributed by atoms with Crippen LogP contribution in [0.1, 0.15) is 67.2 Å². The van der Waals surface area contributed by atoms with Crippen molar-refractivity contribution in [3.05, 3.63) is 11.6 Å². The minimum absolute atomic E-state index is 0.000903. The summed E-state index contributed by atoms with van der Waals surface area (Å²) in [7, 11) is -1.77. The molecule has 3 atom stereocenters. The average molecular weight is 351 g/mol. The molecule has 0 saturated heterocycles. The molecular weight excluding hydrogens is 312 g/mol. The number of ketones is 1. The Hall–Kier alpha value is -0.413. The van der Waals surface area contributed by atoms with Crippen LogP contribution in [0.15, 0.2) is 11.6 Å². The number of carbonyl (C=O) groups excluding carboxylic acids is 1. The summed E-state index contributed by atoms with van der Waals surface area (Å²) >= 11 is 0. The highest BCUT2D eigenvalue weighted by Gasteiger charge is 2.46. The largest absolute Gasteiger partial charge is 0.416 e. The first-order chi connectivity index (χ1) is 10.9. The lowest BCUT2D eigenvalue weighted by Gasteiger charge is -2.46. The molecular formula is C21H38O2Si. The van der Waals surface area contributed by atoms with Crippen LogP contribution in [-0.2, 0) is 9.22 Å².